The molecular formula is C12H19N3O2. The van der Waals surface area contributed by atoms with Crippen LogP contribution in [0.15, 0.2) is 17.2 Å². The van der Waals surface area contributed by atoms with Crippen molar-refractivity contribution in [1.82, 2.24) is 9.55 Å². The molecule has 1 atom stereocenters. The zero-order chi connectivity index (χ0) is 12.5. The van der Waals surface area contributed by atoms with Crippen LogP contribution in [0.25, 0.3) is 0 Å². The maximum absolute atomic E-state index is 12.1. The van der Waals surface area contributed by atoms with Crippen LogP contribution in [0.3, 0.4) is 0 Å². The zero-order valence-corrected chi connectivity index (χ0v) is 10.6. The summed E-state index contributed by atoms with van der Waals surface area (Å²) in [6, 6.07) is 0.138. The number of hydrogen-bond donors (Lipinski definition) is 1. The molecule has 0 saturated carbocycles. The van der Waals surface area contributed by atoms with E-state index in [9.17, 15) is 4.79 Å². The Morgan fingerprint density at radius 1 is 1.59 bits per heavy atom. The second-order valence-corrected chi connectivity index (χ2v) is 5.07. The summed E-state index contributed by atoms with van der Waals surface area (Å²) in [4.78, 5) is 16.3. The third kappa shape index (κ3) is 2.49. The van der Waals surface area contributed by atoms with Crippen molar-refractivity contribution in [2.75, 3.05) is 18.5 Å². The van der Waals surface area contributed by atoms with Crippen molar-refractivity contribution in [3.05, 3.63) is 22.7 Å². The molecule has 0 aromatic carbocycles. The highest BCUT2D eigenvalue weighted by molar-refractivity contribution is 5.35. The monoisotopic (exact) mass is 237 g/mol. The van der Waals surface area contributed by atoms with E-state index in [4.69, 9.17) is 4.74 Å². The second-order valence-electron chi connectivity index (χ2n) is 5.07. The first-order valence-electron chi connectivity index (χ1n) is 5.95. The first kappa shape index (κ1) is 12.1. The fourth-order valence-electron chi connectivity index (χ4n) is 1.97. The van der Waals surface area contributed by atoms with Gasteiger partial charge in [-0.1, -0.05) is 0 Å². The molecular weight excluding hydrogens is 218 g/mol. The van der Waals surface area contributed by atoms with E-state index in [1.54, 1.807) is 17.0 Å². The third-order valence-corrected chi connectivity index (χ3v) is 3.06. The molecule has 1 unspecified atom stereocenters. The molecule has 1 aliphatic rings. The van der Waals surface area contributed by atoms with Gasteiger partial charge < -0.3 is 14.6 Å². The number of ether oxygens (including phenoxy) is 1. The molecule has 1 aromatic heterocycles. The van der Waals surface area contributed by atoms with E-state index >= 15 is 0 Å². The third-order valence-electron chi connectivity index (χ3n) is 3.06. The topological polar surface area (TPSA) is 56.1 Å². The standard InChI is InChI=1S/C12H19N3O2/c1-9(2)15-6-5-13-10(11(15)16)14-12(3)4-7-17-8-12/h5-6,9H,4,7-8H2,1-3H3,(H,13,14). The lowest BCUT2D eigenvalue weighted by Crippen LogP contribution is -2.39. The van der Waals surface area contributed by atoms with Gasteiger partial charge in [-0.25, -0.2) is 4.98 Å². The molecule has 1 aromatic rings. The highest BCUT2D eigenvalue weighted by Gasteiger charge is 2.30. The molecule has 1 aliphatic heterocycles. The lowest BCUT2D eigenvalue weighted by molar-refractivity contribution is 0.185. The second kappa shape index (κ2) is 4.49. The van der Waals surface area contributed by atoms with Crippen LogP contribution in [-0.2, 0) is 4.74 Å². The van der Waals surface area contributed by atoms with Crippen LogP contribution >= 0.6 is 0 Å². The maximum atomic E-state index is 12.1. The summed E-state index contributed by atoms with van der Waals surface area (Å²) in [7, 11) is 0. The number of nitrogens with zero attached hydrogens (tertiary/aromatic N) is 2. The van der Waals surface area contributed by atoms with Crippen LogP contribution in [0.4, 0.5) is 5.82 Å². The van der Waals surface area contributed by atoms with Gasteiger partial charge in [-0.3, -0.25) is 4.79 Å². The Labute approximate surface area is 101 Å². The molecule has 5 heteroatoms. The van der Waals surface area contributed by atoms with E-state index in [2.05, 4.69) is 10.3 Å². The Hall–Kier alpha value is -1.36. The van der Waals surface area contributed by atoms with Crippen molar-refractivity contribution < 1.29 is 4.74 Å². The van der Waals surface area contributed by atoms with Gasteiger partial charge in [-0.2, -0.15) is 0 Å². The number of hydrogen-bond acceptors (Lipinski definition) is 4. The minimum Gasteiger partial charge on any atom is -0.379 e. The molecule has 2 heterocycles. The van der Waals surface area contributed by atoms with Gasteiger partial charge in [0.05, 0.1) is 12.1 Å². The Balaban J connectivity index is 2.27. The first-order valence-corrected chi connectivity index (χ1v) is 5.95. The van der Waals surface area contributed by atoms with E-state index in [1.165, 1.54) is 0 Å². The summed E-state index contributed by atoms with van der Waals surface area (Å²) in [5.41, 5.74) is -0.252. The molecule has 1 fully saturated rings. The van der Waals surface area contributed by atoms with Crippen LogP contribution in [0.5, 0.6) is 0 Å². The van der Waals surface area contributed by atoms with Crippen molar-refractivity contribution in [3.63, 3.8) is 0 Å². The van der Waals surface area contributed by atoms with Crippen molar-refractivity contribution in [3.8, 4) is 0 Å². The SMILES string of the molecule is CC(C)n1ccnc(NC2(C)CCOC2)c1=O. The van der Waals surface area contributed by atoms with Gasteiger partial charge in [0.1, 0.15) is 0 Å². The molecule has 2 rings (SSSR count). The highest BCUT2D eigenvalue weighted by atomic mass is 16.5. The summed E-state index contributed by atoms with van der Waals surface area (Å²) in [6.07, 6.45) is 4.26. The van der Waals surface area contributed by atoms with Gasteiger partial charge in [0.25, 0.3) is 5.56 Å². The highest BCUT2D eigenvalue weighted by Crippen LogP contribution is 2.21. The lowest BCUT2D eigenvalue weighted by atomic mass is 10.0. The Morgan fingerprint density at radius 2 is 2.35 bits per heavy atom. The predicted octanol–water partition coefficient (Wildman–Crippen LogP) is 1.42. The van der Waals surface area contributed by atoms with E-state index in [1.807, 2.05) is 20.8 Å². The largest absolute Gasteiger partial charge is 0.379 e. The normalized spacial score (nSPS) is 24.2. The zero-order valence-electron chi connectivity index (χ0n) is 10.6. The van der Waals surface area contributed by atoms with Gasteiger partial charge in [-0.15, -0.1) is 0 Å². The van der Waals surface area contributed by atoms with Gasteiger partial charge in [0.15, 0.2) is 5.82 Å². The van der Waals surface area contributed by atoms with E-state index < -0.39 is 0 Å². The minimum atomic E-state index is -0.178. The maximum Gasteiger partial charge on any atom is 0.293 e. The molecule has 0 bridgehead atoms. The van der Waals surface area contributed by atoms with Gasteiger partial charge in [0, 0.05) is 25.0 Å². The molecule has 17 heavy (non-hydrogen) atoms. The average molecular weight is 237 g/mol. The van der Waals surface area contributed by atoms with Crippen LogP contribution in [-0.4, -0.2) is 28.3 Å². The summed E-state index contributed by atoms with van der Waals surface area (Å²) < 4.78 is 7.03. The lowest BCUT2D eigenvalue weighted by Gasteiger charge is -2.24. The van der Waals surface area contributed by atoms with Crippen molar-refractivity contribution in [2.45, 2.75) is 38.8 Å². The van der Waals surface area contributed by atoms with E-state index in [0.717, 1.165) is 13.0 Å². The molecule has 1 N–H and O–H groups in total. The number of aromatic nitrogens is 2. The van der Waals surface area contributed by atoms with Crippen LogP contribution in [0, 0.1) is 0 Å². The molecule has 0 spiro atoms. The van der Waals surface area contributed by atoms with E-state index in [0.29, 0.717) is 12.4 Å². The Kier molecular flexibility index (Phi) is 3.19. The van der Waals surface area contributed by atoms with Crippen molar-refractivity contribution >= 4 is 5.82 Å². The molecule has 0 amide bonds. The number of nitrogens with one attached hydrogen (secondary N) is 1. The Bertz CT molecular complexity index is 447. The minimum absolute atomic E-state index is 0.0735. The molecule has 0 radical (unpaired) electrons. The van der Waals surface area contributed by atoms with Crippen LogP contribution < -0.4 is 10.9 Å². The quantitative estimate of drug-likeness (QED) is 0.863. The van der Waals surface area contributed by atoms with Crippen LogP contribution in [0.1, 0.15) is 33.2 Å². The number of anilines is 1. The van der Waals surface area contributed by atoms with Gasteiger partial charge >= 0.3 is 0 Å². The van der Waals surface area contributed by atoms with Crippen molar-refractivity contribution in [2.24, 2.45) is 0 Å². The van der Waals surface area contributed by atoms with Gasteiger partial charge in [-0.05, 0) is 27.2 Å². The molecule has 1 saturated heterocycles. The molecule has 5 nitrogen and oxygen atoms in total. The summed E-state index contributed by atoms with van der Waals surface area (Å²) in [5, 5.41) is 3.21. The number of rotatable bonds is 3. The van der Waals surface area contributed by atoms with Crippen molar-refractivity contribution in [1.29, 1.82) is 0 Å². The molecule has 94 valence electrons. The fraction of sp³-hybridized carbons (Fsp3) is 0.667. The summed E-state index contributed by atoms with van der Waals surface area (Å²) >= 11 is 0. The fourth-order valence-corrected chi connectivity index (χ4v) is 1.97. The average Bonchev–Trinajstić information content (AvgIpc) is 2.68. The predicted molar refractivity (Wildman–Crippen MR) is 66.3 cm³/mol. The van der Waals surface area contributed by atoms with Crippen LogP contribution in [0.2, 0.25) is 0 Å². The Morgan fingerprint density at radius 3 is 2.94 bits per heavy atom. The van der Waals surface area contributed by atoms with Gasteiger partial charge in [0.2, 0.25) is 0 Å². The smallest absolute Gasteiger partial charge is 0.293 e. The molecule has 0 aliphatic carbocycles. The summed E-state index contributed by atoms with van der Waals surface area (Å²) in [6.45, 7) is 7.35. The van der Waals surface area contributed by atoms with E-state index in [-0.39, 0.29) is 17.1 Å². The summed E-state index contributed by atoms with van der Waals surface area (Å²) in [5.74, 6) is 0.411. The first-order chi connectivity index (χ1) is 8.02.